The maximum absolute atomic E-state index is 6.19. The fourth-order valence-electron chi connectivity index (χ4n) is 1.72. The highest BCUT2D eigenvalue weighted by atomic mass is 35.5. The smallest absolute Gasteiger partial charge is 0.188 e. The van der Waals surface area contributed by atoms with E-state index in [0.717, 1.165) is 31.5 Å². The third-order valence-electron chi connectivity index (χ3n) is 2.65. The van der Waals surface area contributed by atoms with Crippen molar-refractivity contribution < 1.29 is 0 Å². The lowest BCUT2D eigenvalue weighted by molar-refractivity contribution is 1.22. The number of nitrogens with one attached hydrogen (secondary N) is 1. The average Bonchev–Trinajstić information content (AvgIpc) is 2.87. The van der Waals surface area contributed by atoms with Gasteiger partial charge in [0.1, 0.15) is 5.82 Å². The van der Waals surface area contributed by atoms with Crippen LogP contribution < -0.4 is 5.32 Å². The minimum Gasteiger partial charge on any atom is -0.316 e. The van der Waals surface area contributed by atoms with E-state index < -0.39 is 0 Å². The summed E-state index contributed by atoms with van der Waals surface area (Å²) in [7, 11) is 0. The number of hydrogen-bond donors (Lipinski definition) is 1. The Kier molecular flexibility index (Phi) is 4.43. The van der Waals surface area contributed by atoms with Crippen LogP contribution in [0.3, 0.4) is 0 Å². The Morgan fingerprint density at radius 1 is 1.24 bits per heavy atom. The molecule has 0 saturated heterocycles. The molecule has 3 rings (SSSR count). The second kappa shape index (κ2) is 6.47. The first-order chi connectivity index (χ1) is 10.2. The Morgan fingerprint density at radius 3 is 2.86 bits per heavy atom. The van der Waals surface area contributed by atoms with Crippen LogP contribution in [0.4, 0.5) is 10.9 Å². The molecule has 2 aromatic heterocycles. The van der Waals surface area contributed by atoms with E-state index in [1.807, 2.05) is 48.7 Å². The lowest BCUT2D eigenvalue weighted by atomic mass is 10.4. The zero-order valence-electron chi connectivity index (χ0n) is 11.2. The van der Waals surface area contributed by atoms with E-state index in [1.165, 1.54) is 0 Å². The Morgan fingerprint density at radius 2 is 2.10 bits per heavy atom. The Balaban J connectivity index is 1.78. The lowest BCUT2D eigenvalue weighted by Crippen LogP contribution is -1.92. The molecular weight excluding hydrogens is 322 g/mol. The first-order valence-electron chi connectivity index (χ1n) is 6.28. The van der Waals surface area contributed by atoms with Gasteiger partial charge in [0.2, 0.25) is 0 Å². The van der Waals surface area contributed by atoms with Gasteiger partial charge in [0.15, 0.2) is 5.13 Å². The summed E-state index contributed by atoms with van der Waals surface area (Å²) in [6.45, 7) is 1.97. The molecule has 1 aromatic carbocycles. The van der Waals surface area contributed by atoms with Crippen molar-refractivity contribution in [2.45, 2.75) is 16.7 Å². The van der Waals surface area contributed by atoms with E-state index in [1.54, 1.807) is 29.3 Å². The van der Waals surface area contributed by atoms with Crippen LogP contribution in [-0.2, 0) is 0 Å². The van der Waals surface area contributed by atoms with Crippen molar-refractivity contribution >= 4 is 45.6 Å². The summed E-state index contributed by atoms with van der Waals surface area (Å²) < 4.78 is 0. The molecule has 0 radical (unpaired) electrons. The topological polar surface area (TPSA) is 37.8 Å². The number of rotatable bonds is 4. The number of aryl methyl sites for hydroxylation is 1. The zero-order valence-corrected chi connectivity index (χ0v) is 13.6. The second-order valence-electron chi connectivity index (χ2n) is 4.33. The van der Waals surface area contributed by atoms with Crippen molar-refractivity contribution in [1.29, 1.82) is 0 Å². The normalized spacial score (nSPS) is 10.6. The van der Waals surface area contributed by atoms with Gasteiger partial charge in [-0.05, 0) is 31.2 Å². The standard InChI is InChI=1S/C15H12ClN3S2/c1-10-9-20-15(18-10)19-14-8-11(6-7-17-14)21-13-5-3-2-4-12(13)16/h2-9H,1H3,(H,17,18,19). The number of pyridine rings is 1. The predicted octanol–water partition coefficient (Wildman–Crippen LogP) is 5.39. The van der Waals surface area contributed by atoms with Crippen molar-refractivity contribution in [1.82, 2.24) is 9.97 Å². The molecule has 3 nitrogen and oxygen atoms in total. The fourth-order valence-corrected chi connectivity index (χ4v) is 3.53. The van der Waals surface area contributed by atoms with E-state index in [9.17, 15) is 0 Å². The lowest BCUT2D eigenvalue weighted by Gasteiger charge is -2.06. The quantitative estimate of drug-likeness (QED) is 0.694. The Bertz CT molecular complexity index is 758. The van der Waals surface area contributed by atoms with Crippen LogP contribution in [0.5, 0.6) is 0 Å². The molecule has 0 aliphatic carbocycles. The van der Waals surface area contributed by atoms with Gasteiger partial charge < -0.3 is 5.32 Å². The molecule has 0 spiro atoms. The number of aromatic nitrogens is 2. The van der Waals surface area contributed by atoms with Gasteiger partial charge in [-0.3, -0.25) is 0 Å². The summed E-state index contributed by atoms with van der Waals surface area (Å²) in [5.41, 5.74) is 1.00. The van der Waals surface area contributed by atoms with E-state index in [-0.39, 0.29) is 0 Å². The van der Waals surface area contributed by atoms with Crippen LogP contribution in [0, 0.1) is 6.92 Å². The average molecular weight is 334 g/mol. The molecular formula is C15H12ClN3S2. The van der Waals surface area contributed by atoms with Crippen LogP contribution in [0.1, 0.15) is 5.69 Å². The Labute approximate surface area is 136 Å². The molecule has 0 fully saturated rings. The molecule has 0 saturated carbocycles. The largest absolute Gasteiger partial charge is 0.316 e. The number of anilines is 2. The Hall–Kier alpha value is -1.56. The maximum atomic E-state index is 6.19. The maximum Gasteiger partial charge on any atom is 0.188 e. The number of hydrogen-bond acceptors (Lipinski definition) is 5. The molecule has 21 heavy (non-hydrogen) atoms. The highest BCUT2D eigenvalue weighted by Gasteiger charge is 2.05. The predicted molar refractivity (Wildman–Crippen MR) is 89.9 cm³/mol. The van der Waals surface area contributed by atoms with E-state index in [4.69, 9.17) is 11.6 Å². The van der Waals surface area contributed by atoms with Crippen LogP contribution in [0.2, 0.25) is 5.02 Å². The molecule has 0 aliphatic heterocycles. The van der Waals surface area contributed by atoms with Crippen LogP contribution in [0.15, 0.2) is 57.8 Å². The third-order valence-corrected chi connectivity index (χ3v) is 5.03. The van der Waals surface area contributed by atoms with Crippen molar-refractivity contribution in [2.24, 2.45) is 0 Å². The molecule has 106 valence electrons. The van der Waals surface area contributed by atoms with Gasteiger partial charge in [0.25, 0.3) is 0 Å². The second-order valence-corrected chi connectivity index (χ2v) is 6.71. The molecule has 0 amide bonds. The van der Waals surface area contributed by atoms with Crippen LogP contribution >= 0.6 is 34.7 Å². The third kappa shape index (κ3) is 3.75. The number of benzene rings is 1. The highest BCUT2D eigenvalue weighted by Crippen LogP contribution is 2.34. The molecule has 3 aromatic rings. The van der Waals surface area contributed by atoms with Crippen molar-refractivity contribution in [2.75, 3.05) is 5.32 Å². The molecule has 1 N–H and O–H groups in total. The van der Waals surface area contributed by atoms with Gasteiger partial charge in [-0.2, -0.15) is 0 Å². The number of halogens is 1. The van der Waals surface area contributed by atoms with Gasteiger partial charge in [0, 0.05) is 21.4 Å². The zero-order chi connectivity index (χ0) is 14.7. The van der Waals surface area contributed by atoms with Crippen molar-refractivity contribution in [3.63, 3.8) is 0 Å². The summed E-state index contributed by atoms with van der Waals surface area (Å²) in [6.07, 6.45) is 1.78. The first kappa shape index (κ1) is 14.4. The first-order valence-corrected chi connectivity index (χ1v) is 8.36. The van der Waals surface area contributed by atoms with E-state index in [2.05, 4.69) is 15.3 Å². The SMILES string of the molecule is Cc1csc(Nc2cc(Sc3ccccc3Cl)ccn2)n1. The molecule has 0 bridgehead atoms. The minimum atomic E-state index is 0.754. The monoisotopic (exact) mass is 333 g/mol. The van der Waals surface area contributed by atoms with E-state index >= 15 is 0 Å². The van der Waals surface area contributed by atoms with E-state index in [0.29, 0.717) is 0 Å². The highest BCUT2D eigenvalue weighted by molar-refractivity contribution is 7.99. The van der Waals surface area contributed by atoms with Gasteiger partial charge in [-0.1, -0.05) is 35.5 Å². The van der Waals surface area contributed by atoms with Crippen LogP contribution in [-0.4, -0.2) is 9.97 Å². The molecule has 2 heterocycles. The van der Waals surface area contributed by atoms with Crippen LogP contribution in [0.25, 0.3) is 0 Å². The van der Waals surface area contributed by atoms with Gasteiger partial charge in [-0.15, -0.1) is 11.3 Å². The minimum absolute atomic E-state index is 0.754. The fraction of sp³-hybridized carbons (Fsp3) is 0.0667. The molecule has 0 atom stereocenters. The van der Waals surface area contributed by atoms with Crippen molar-refractivity contribution in [3.8, 4) is 0 Å². The molecule has 0 aliphatic rings. The number of nitrogens with zero attached hydrogens (tertiary/aromatic N) is 2. The summed E-state index contributed by atoms with van der Waals surface area (Å²) in [5.74, 6) is 0.779. The van der Waals surface area contributed by atoms with Gasteiger partial charge in [-0.25, -0.2) is 9.97 Å². The molecule has 6 heteroatoms. The summed E-state index contributed by atoms with van der Waals surface area (Å²) in [4.78, 5) is 10.8. The number of thiazole rings is 1. The van der Waals surface area contributed by atoms with Crippen molar-refractivity contribution in [3.05, 3.63) is 58.7 Å². The van der Waals surface area contributed by atoms with Gasteiger partial charge >= 0.3 is 0 Å². The summed E-state index contributed by atoms with van der Waals surface area (Å²) in [5, 5.41) is 6.82. The summed E-state index contributed by atoms with van der Waals surface area (Å²) in [6, 6.07) is 11.8. The summed E-state index contributed by atoms with van der Waals surface area (Å²) >= 11 is 9.37. The molecule has 0 unspecified atom stereocenters. The van der Waals surface area contributed by atoms with Gasteiger partial charge in [0.05, 0.1) is 10.7 Å².